The van der Waals surface area contributed by atoms with E-state index < -0.39 is 0 Å². The largest absolute Gasteiger partial charge is 0.234 e. The number of nitrogens with zero attached hydrogens (tertiary/aromatic N) is 1. The van der Waals surface area contributed by atoms with Crippen LogP contribution in [0, 0.1) is 6.92 Å². The summed E-state index contributed by atoms with van der Waals surface area (Å²) in [6.45, 7) is 2.03. The lowest BCUT2D eigenvalue weighted by Gasteiger charge is -1.95. The van der Waals surface area contributed by atoms with Crippen LogP contribution in [0.3, 0.4) is 0 Å². The van der Waals surface area contributed by atoms with Crippen LogP contribution in [0.5, 0.6) is 0 Å². The molecule has 0 aliphatic rings. The third-order valence-electron chi connectivity index (χ3n) is 1.81. The summed E-state index contributed by atoms with van der Waals surface area (Å²) in [7, 11) is 0. The fourth-order valence-corrected chi connectivity index (χ4v) is 2.77. The van der Waals surface area contributed by atoms with Crippen molar-refractivity contribution >= 4 is 27.3 Å². The third kappa shape index (κ3) is 1.81. The molecular weight excluding hydrogens is 246 g/mol. The molecule has 0 bridgehead atoms. The lowest BCUT2D eigenvalue weighted by atomic mass is 10.2. The van der Waals surface area contributed by atoms with Crippen LogP contribution in [-0.2, 0) is 0 Å². The fourth-order valence-electron chi connectivity index (χ4n) is 1.22. The number of hydrogen-bond acceptors (Lipinski definition) is 2. The van der Waals surface area contributed by atoms with E-state index in [1.807, 2.05) is 25.1 Å². The molecule has 0 fully saturated rings. The van der Waals surface area contributed by atoms with Gasteiger partial charge >= 0.3 is 0 Å². The molecule has 2 aromatic rings. The SMILES string of the molecule is Cc1nc(Br)sc1-c1ccccc1. The molecule has 0 unspecified atom stereocenters. The molecule has 2 rings (SSSR count). The molecule has 0 atom stereocenters. The summed E-state index contributed by atoms with van der Waals surface area (Å²) in [5.41, 5.74) is 2.33. The first-order valence-corrected chi connectivity index (χ1v) is 5.56. The average Bonchev–Trinajstić information content (AvgIpc) is 2.47. The number of aromatic nitrogens is 1. The Labute approximate surface area is 89.6 Å². The molecule has 1 heterocycles. The lowest BCUT2D eigenvalue weighted by Crippen LogP contribution is -1.75. The molecule has 0 amide bonds. The summed E-state index contributed by atoms with van der Waals surface area (Å²) in [5, 5.41) is 0. The number of thiazole rings is 1. The maximum atomic E-state index is 4.32. The quantitative estimate of drug-likeness (QED) is 0.752. The second-order valence-electron chi connectivity index (χ2n) is 2.75. The van der Waals surface area contributed by atoms with Gasteiger partial charge in [0, 0.05) is 0 Å². The zero-order chi connectivity index (χ0) is 9.26. The maximum Gasteiger partial charge on any atom is 0.159 e. The average molecular weight is 254 g/mol. The predicted molar refractivity (Wildman–Crippen MR) is 60.0 cm³/mol. The van der Waals surface area contributed by atoms with Crippen molar-refractivity contribution in [2.75, 3.05) is 0 Å². The Morgan fingerprint density at radius 1 is 1.23 bits per heavy atom. The van der Waals surface area contributed by atoms with Gasteiger partial charge in [-0.1, -0.05) is 30.3 Å². The highest BCUT2D eigenvalue weighted by Gasteiger charge is 2.06. The second-order valence-corrected chi connectivity index (χ2v) is 5.02. The van der Waals surface area contributed by atoms with E-state index in [1.54, 1.807) is 11.3 Å². The number of halogens is 1. The summed E-state index contributed by atoms with van der Waals surface area (Å²) in [5.74, 6) is 0. The summed E-state index contributed by atoms with van der Waals surface area (Å²) in [6, 6.07) is 10.3. The van der Waals surface area contributed by atoms with E-state index in [1.165, 1.54) is 10.4 Å². The summed E-state index contributed by atoms with van der Waals surface area (Å²) >= 11 is 5.06. The van der Waals surface area contributed by atoms with E-state index >= 15 is 0 Å². The van der Waals surface area contributed by atoms with E-state index in [9.17, 15) is 0 Å². The Kier molecular flexibility index (Phi) is 2.47. The third-order valence-corrected chi connectivity index (χ3v) is 3.46. The molecule has 1 nitrogen and oxygen atoms in total. The number of hydrogen-bond donors (Lipinski definition) is 0. The summed E-state index contributed by atoms with van der Waals surface area (Å²) in [4.78, 5) is 5.57. The highest BCUT2D eigenvalue weighted by atomic mass is 79.9. The minimum absolute atomic E-state index is 0.948. The zero-order valence-electron chi connectivity index (χ0n) is 7.12. The molecule has 1 aromatic heterocycles. The van der Waals surface area contributed by atoms with Gasteiger partial charge in [0.05, 0.1) is 10.6 Å². The van der Waals surface area contributed by atoms with Gasteiger partial charge in [-0.15, -0.1) is 11.3 Å². The van der Waals surface area contributed by atoms with Crippen molar-refractivity contribution in [1.29, 1.82) is 0 Å². The van der Waals surface area contributed by atoms with Gasteiger partial charge in [0.2, 0.25) is 0 Å². The van der Waals surface area contributed by atoms with Crippen molar-refractivity contribution in [2.24, 2.45) is 0 Å². The Balaban J connectivity index is 2.53. The first kappa shape index (κ1) is 8.91. The summed E-state index contributed by atoms with van der Waals surface area (Å²) < 4.78 is 0.948. The van der Waals surface area contributed by atoms with E-state index in [2.05, 4.69) is 33.0 Å². The normalized spacial score (nSPS) is 10.3. The van der Waals surface area contributed by atoms with E-state index in [4.69, 9.17) is 0 Å². The van der Waals surface area contributed by atoms with Crippen LogP contribution >= 0.6 is 27.3 Å². The van der Waals surface area contributed by atoms with Gasteiger partial charge in [-0.2, -0.15) is 0 Å². The van der Waals surface area contributed by atoms with Crippen LogP contribution in [0.1, 0.15) is 5.69 Å². The minimum Gasteiger partial charge on any atom is -0.234 e. The van der Waals surface area contributed by atoms with Crippen LogP contribution in [0.4, 0.5) is 0 Å². The molecule has 0 aliphatic carbocycles. The molecular formula is C10H8BrNS. The second kappa shape index (κ2) is 3.60. The van der Waals surface area contributed by atoms with Gasteiger partial charge in [-0.25, -0.2) is 4.98 Å². The van der Waals surface area contributed by atoms with E-state index in [0.717, 1.165) is 9.61 Å². The smallest absolute Gasteiger partial charge is 0.159 e. The van der Waals surface area contributed by atoms with Crippen molar-refractivity contribution in [3.8, 4) is 10.4 Å². The van der Waals surface area contributed by atoms with Gasteiger partial charge < -0.3 is 0 Å². The maximum absolute atomic E-state index is 4.32. The number of aryl methyl sites for hydroxylation is 1. The molecule has 0 N–H and O–H groups in total. The van der Waals surface area contributed by atoms with Crippen molar-refractivity contribution in [3.63, 3.8) is 0 Å². The van der Waals surface area contributed by atoms with Gasteiger partial charge in [-0.05, 0) is 28.4 Å². The van der Waals surface area contributed by atoms with Gasteiger partial charge in [0.25, 0.3) is 0 Å². The van der Waals surface area contributed by atoms with Crippen LogP contribution < -0.4 is 0 Å². The Morgan fingerprint density at radius 3 is 2.46 bits per heavy atom. The Bertz CT molecular complexity index is 408. The first-order valence-electron chi connectivity index (χ1n) is 3.96. The number of benzene rings is 1. The molecule has 0 radical (unpaired) electrons. The molecule has 0 saturated heterocycles. The van der Waals surface area contributed by atoms with Crippen LogP contribution in [-0.4, -0.2) is 4.98 Å². The van der Waals surface area contributed by atoms with Crippen molar-refractivity contribution in [3.05, 3.63) is 39.9 Å². The van der Waals surface area contributed by atoms with Crippen molar-refractivity contribution in [2.45, 2.75) is 6.92 Å². The Hall–Kier alpha value is -0.670. The molecule has 13 heavy (non-hydrogen) atoms. The van der Waals surface area contributed by atoms with Crippen LogP contribution in [0.2, 0.25) is 0 Å². The van der Waals surface area contributed by atoms with Crippen LogP contribution in [0.25, 0.3) is 10.4 Å². The lowest BCUT2D eigenvalue weighted by molar-refractivity contribution is 1.24. The van der Waals surface area contributed by atoms with E-state index in [-0.39, 0.29) is 0 Å². The monoisotopic (exact) mass is 253 g/mol. The zero-order valence-corrected chi connectivity index (χ0v) is 9.52. The highest BCUT2D eigenvalue weighted by molar-refractivity contribution is 9.11. The fraction of sp³-hybridized carbons (Fsp3) is 0.100. The predicted octanol–water partition coefficient (Wildman–Crippen LogP) is 3.88. The molecule has 0 aliphatic heterocycles. The van der Waals surface area contributed by atoms with Gasteiger partial charge in [-0.3, -0.25) is 0 Å². The van der Waals surface area contributed by atoms with Gasteiger partial charge in [0.15, 0.2) is 3.92 Å². The summed E-state index contributed by atoms with van der Waals surface area (Å²) in [6.07, 6.45) is 0. The number of rotatable bonds is 1. The molecule has 66 valence electrons. The van der Waals surface area contributed by atoms with E-state index in [0.29, 0.717) is 0 Å². The molecule has 0 saturated carbocycles. The topological polar surface area (TPSA) is 12.9 Å². The molecule has 3 heteroatoms. The van der Waals surface area contributed by atoms with Crippen LogP contribution in [0.15, 0.2) is 34.2 Å². The first-order chi connectivity index (χ1) is 6.27. The minimum atomic E-state index is 0.948. The Morgan fingerprint density at radius 2 is 1.92 bits per heavy atom. The standard InChI is InChI=1S/C10H8BrNS/c1-7-9(13-10(11)12-7)8-5-3-2-4-6-8/h2-6H,1H3. The van der Waals surface area contributed by atoms with Crippen molar-refractivity contribution in [1.82, 2.24) is 4.98 Å². The van der Waals surface area contributed by atoms with Crippen molar-refractivity contribution < 1.29 is 0 Å². The highest BCUT2D eigenvalue weighted by Crippen LogP contribution is 2.31. The molecule has 0 spiro atoms. The van der Waals surface area contributed by atoms with Gasteiger partial charge in [0.1, 0.15) is 0 Å². The molecule has 1 aromatic carbocycles.